The van der Waals surface area contributed by atoms with E-state index in [1.165, 1.54) is 18.2 Å². The van der Waals surface area contributed by atoms with E-state index < -0.39 is 16.4 Å². The Balaban J connectivity index is 1.88. The summed E-state index contributed by atoms with van der Waals surface area (Å²) in [7, 11) is 0. The fraction of sp³-hybridized carbons (Fsp3) is 0.0625. The normalized spacial score (nSPS) is 10.7. The van der Waals surface area contributed by atoms with Gasteiger partial charge in [-0.05, 0) is 18.2 Å². The summed E-state index contributed by atoms with van der Waals surface area (Å²) < 4.78 is 1.09. The van der Waals surface area contributed by atoms with Crippen molar-refractivity contribution in [2.24, 2.45) is 0 Å². The standard InChI is InChI=1S/C16H10Cl2N4O4/c17-11-2-1-3-12(18)15(11)20-14(23)7-21-8-19-13-6-9(22(25)26)4-5-10(13)16(21)24/h1-6,8H,7H2,(H,20,23). The lowest BCUT2D eigenvalue weighted by molar-refractivity contribution is -0.384. The van der Waals surface area contributed by atoms with Crippen molar-refractivity contribution in [3.05, 3.63) is 73.2 Å². The molecule has 1 aromatic heterocycles. The summed E-state index contributed by atoms with van der Waals surface area (Å²) in [6.45, 7) is -0.319. The van der Waals surface area contributed by atoms with E-state index >= 15 is 0 Å². The van der Waals surface area contributed by atoms with Gasteiger partial charge < -0.3 is 5.32 Å². The number of aromatic nitrogens is 2. The summed E-state index contributed by atoms with van der Waals surface area (Å²) in [5.41, 5.74) is -0.244. The van der Waals surface area contributed by atoms with Crippen molar-refractivity contribution in [3.63, 3.8) is 0 Å². The van der Waals surface area contributed by atoms with E-state index in [-0.39, 0.29) is 38.9 Å². The zero-order chi connectivity index (χ0) is 18.8. The van der Waals surface area contributed by atoms with Crippen molar-refractivity contribution in [3.8, 4) is 0 Å². The summed E-state index contributed by atoms with van der Waals surface area (Å²) >= 11 is 12.0. The van der Waals surface area contributed by atoms with Crippen molar-refractivity contribution >= 4 is 51.4 Å². The van der Waals surface area contributed by atoms with Gasteiger partial charge in [-0.3, -0.25) is 24.3 Å². The number of hydrogen-bond acceptors (Lipinski definition) is 5. The highest BCUT2D eigenvalue weighted by atomic mass is 35.5. The minimum atomic E-state index is -0.576. The lowest BCUT2D eigenvalue weighted by atomic mass is 10.2. The van der Waals surface area contributed by atoms with Crippen LogP contribution in [0.1, 0.15) is 0 Å². The highest BCUT2D eigenvalue weighted by Gasteiger charge is 2.14. The first-order valence-corrected chi connectivity index (χ1v) is 8.00. The molecular weight excluding hydrogens is 383 g/mol. The third-order valence-corrected chi connectivity index (χ3v) is 4.19. The van der Waals surface area contributed by atoms with Gasteiger partial charge in [0, 0.05) is 12.1 Å². The lowest BCUT2D eigenvalue weighted by Gasteiger charge is -2.10. The maximum absolute atomic E-state index is 12.5. The van der Waals surface area contributed by atoms with E-state index in [4.69, 9.17) is 23.2 Å². The monoisotopic (exact) mass is 392 g/mol. The van der Waals surface area contributed by atoms with Crippen LogP contribution in [0.25, 0.3) is 10.9 Å². The smallest absolute Gasteiger partial charge is 0.271 e. The lowest BCUT2D eigenvalue weighted by Crippen LogP contribution is -2.28. The molecule has 132 valence electrons. The molecular formula is C16H10Cl2N4O4. The number of hydrogen-bond donors (Lipinski definition) is 1. The largest absolute Gasteiger partial charge is 0.322 e. The molecule has 8 nitrogen and oxygen atoms in total. The number of rotatable bonds is 4. The van der Waals surface area contributed by atoms with Crippen LogP contribution in [0.15, 0.2) is 47.5 Å². The van der Waals surface area contributed by atoms with Crippen LogP contribution in [0.3, 0.4) is 0 Å². The molecule has 0 aliphatic heterocycles. The predicted molar refractivity (Wildman–Crippen MR) is 97.7 cm³/mol. The number of benzene rings is 2. The maximum atomic E-state index is 12.5. The van der Waals surface area contributed by atoms with Gasteiger partial charge >= 0.3 is 0 Å². The van der Waals surface area contributed by atoms with Gasteiger partial charge in [0.15, 0.2) is 0 Å². The van der Waals surface area contributed by atoms with Crippen LogP contribution in [0.5, 0.6) is 0 Å². The number of fused-ring (bicyclic) bond motifs is 1. The second-order valence-electron chi connectivity index (χ2n) is 5.28. The van der Waals surface area contributed by atoms with Gasteiger partial charge in [-0.15, -0.1) is 0 Å². The summed E-state index contributed by atoms with van der Waals surface area (Å²) in [5.74, 6) is -0.523. The highest BCUT2D eigenvalue weighted by molar-refractivity contribution is 6.39. The maximum Gasteiger partial charge on any atom is 0.271 e. The van der Waals surface area contributed by atoms with E-state index in [0.29, 0.717) is 0 Å². The summed E-state index contributed by atoms with van der Waals surface area (Å²) in [6.07, 6.45) is 1.15. The minimum Gasteiger partial charge on any atom is -0.322 e. The van der Waals surface area contributed by atoms with Gasteiger partial charge in [0.2, 0.25) is 5.91 Å². The number of non-ortho nitro benzene ring substituents is 1. The number of halogens is 2. The third-order valence-electron chi connectivity index (χ3n) is 3.56. The zero-order valence-corrected chi connectivity index (χ0v) is 14.5. The topological polar surface area (TPSA) is 107 Å². The average molecular weight is 393 g/mol. The van der Waals surface area contributed by atoms with Gasteiger partial charge in [0.05, 0.1) is 37.9 Å². The number of anilines is 1. The Morgan fingerprint density at radius 3 is 2.58 bits per heavy atom. The van der Waals surface area contributed by atoms with Crippen LogP contribution >= 0.6 is 23.2 Å². The predicted octanol–water partition coefficient (Wildman–Crippen LogP) is 3.25. The van der Waals surface area contributed by atoms with E-state index in [9.17, 15) is 19.7 Å². The molecule has 0 bridgehead atoms. The van der Waals surface area contributed by atoms with Gasteiger partial charge in [-0.2, -0.15) is 0 Å². The Morgan fingerprint density at radius 1 is 1.23 bits per heavy atom. The fourth-order valence-corrected chi connectivity index (χ4v) is 2.82. The summed E-state index contributed by atoms with van der Waals surface area (Å²) in [6, 6.07) is 8.49. The van der Waals surface area contributed by atoms with E-state index in [2.05, 4.69) is 10.3 Å². The Labute approximate surface area is 156 Å². The molecule has 1 N–H and O–H groups in total. The van der Waals surface area contributed by atoms with Crippen molar-refractivity contribution in [2.75, 3.05) is 5.32 Å². The first-order valence-electron chi connectivity index (χ1n) is 7.24. The molecule has 0 aliphatic rings. The van der Waals surface area contributed by atoms with Crippen LogP contribution in [0.2, 0.25) is 10.0 Å². The molecule has 0 fully saturated rings. The number of nitrogens with zero attached hydrogens (tertiary/aromatic N) is 3. The molecule has 0 saturated carbocycles. The van der Waals surface area contributed by atoms with Crippen LogP contribution < -0.4 is 10.9 Å². The van der Waals surface area contributed by atoms with Gasteiger partial charge in [0.25, 0.3) is 11.2 Å². The zero-order valence-electron chi connectivity index (χ0n) is 13.0. The second kappa shape index (κ2) is 7.11. The number of nitrogens with one attached hydrogen (secondary N) is 1. The molecule has 0 unspecified atom stereocenters. The molecule has 3 rings (SSSR count). The van der Waals surface area contributed by atoms with Gasteiger partial charge in [-0.25, -0.2) is 4.98 Å². The van der Waals surface area contributed by atoms with E-state index in [1.54, 1.807) is 18.2 Å². The van der Waals surface area contributed by atoms with Crippen molar-refractivity contribution < 1.29 is 9.72 Å². The number of carbonyl (C=O) groups is 1. The fourth-order valence-electron chi connectivity index (χ4n) is 2.32. The van der Waals surface area contributed by atoms with Gasteiger partial charge in [0.1, 0.15) is 6.54 Å². The molecule has 2 aromatic carbocycles. The Morgan fingerprint density at radius 2 is 1.92 bits per heavy atom. The van der Waals surface area contributed by atoms with Crippen molar-refractivity contribution in [1.82, 2.24) is 9.55 Å². The van der Waals surface area contributed by atoms with Crippen LogP contribution in [-0.4, -0.2) is 20.4 Å². The van der Waals surface area contributed by atoms with Crippen LogP contribution in [0, 0.1) is 10.1 Å². The summed E-state index contributed by atoms with van der Waals surface area (Å²) in [5, 5.41) is 14.0. The molecule has 0 atom stereocenters. The SMILES string of the molecule is O=C(Cn1cnc2cc([N+](=O)[O-])ccc2c1=O)Nc1c(Cl)cccc1Cl. The van der Waals surface area contributed by atoms with Crippen LogP contribution in [-0.2, 0) is 11.3 Å². The molecule has 1 heterocycles. The molecule has 0 saturated heterocycles. The number of carbonyl (C=O) groups excluding carboxylic acids is 1. The number of para-hydroxylation sites is 1. The summed E-state index contributed by atoms with van der Waals surface area (Å²) in [4.78, 5) is 38.9. The number of nitro groups is 1. The molecule has 0 spiro atoms. The number of amides is 1. The molecule has 26 heavy (non-hydrogen) atoms. The first kappa shape index (κ1) is 17.8. The third kappa shape index (κ3) is 3.51. The Hall–Kier alpha value is -2.97. The van der Waals surface area contributed by atoms with Crippen molar-refractivity contribution in [1.29, 1.82) is 0 Å². The molecule has 3 aromatic rings. The molecule has 0 aliphatic carbocycles. The van der Waals surface area contributed by atoms with E-state index in [0.717, 1.165) is 10.9 Å². The molecule has 0 radical (unpaired) electrons. The quantitative estimate of drug-likeness (QED) is 0.541. The highest BCUT2D eigenvalue weighted by Crippen LogP contribution is 2.29. The second-order valence-corrected chi connectivity index (χ2v) is 6.10. The first-order chi connectivity index (χ1) is 12.4. The van der Waals surface area contributed by atoms with Crippen molar-refractivity contribution in [2.45, 2.75) is 6.54 Å². The van der Waals surface area contributed by atoms with Gasteiger partial charge in [-0.1, -0.05) is 29.3 Å². The Bertz CT molecular complexity index is 1080. The van der Waals surface area contributed by atoms with Crippen LogP contribution in [0.4, 0.5) is 11.4 Å². The molecule has 10 heteroatoms. The van der Waals surface area contributed by atoms with E-state index in [1.807, 2.05) is 0 Å². The molecule has 1 amide bonds. The average Bonchev–Trinajstić information content (AvgIpc) is 2.60. The number of nitro benzene ring substituents is 1. The minimum absolute atomic E-state index is 0.168. The Kier molecular flexibility index (Phi) is 4.88.